The highest BCUT2D eigenvalue weighted by Gasteiger charge is 2.36. The van der Waals surface area contributed by atoms with Crippen LogP contribution < -0.4 is 5.32 Å². The summed E-state index contributed by atoms with van der Waals surface area (Å²) in [6, 6.07) is 2.07. The van der Waals surface area contributed by atoms with Crippen molar-refractivity contribution in [1.29, 1.82) is 0 Å². The molecule has 0 aliphatic heterocycles. The van der Waals surface area contributed by atoms with Crippen LogP contribution in [0.2, 0.25) is 0 Å². The Balaban J connectivity index is 1.87. The first-order valence-corrected chi connectivity index (χ1v) is 4.64. The molecule has 13 heavy (non-hydrogen) atoms. The van der Waals surface area contributed by atoms with Gasteiger partial charge in [-0.1, -0.05) is 13.3 Å². The molecule has 1 fully saturated rings. The molecule has 0 radical (unpaired) electrons. The Bertz CT molecular complexity index is 292. The molecule has 1 aromatic rings. The fourth-order valence-corrected chi connectivity index (χ4v) is 1.52. The van der Waals surface area contributed by atoms with Crippen molar-refractivity contribution in [2.24, 2.45) is 5.92 Å². The summed E-state index contributed by atoms with van der Waals surface area (Å²) in [4.78, 5) is 11.4. The fraction of sp³-hybridized carbons (Fsp3) is 0.500. The standard InChI is InChI=1S/C10H13NO2/c1-2-7-5-9(7)11-10(12)8-3-4-13-6-8/h3-4,6-7,9H,2,5H2,1H3,(H,11,12)/t7-,9-/m1/s1. The Hall–Kier alpha value is -1.25. The van der Waals surface area contributed by atoms with Gasteiger partial charge in [-0.05, 0) is 18.4 Å². The van der Waals surface area contributed by atoms with E-state index in [0.29, 0.717) is 17.5 Å². The van der Waals surface area contributed by atoms with Crippen LogP contribution in [0, 0.1) is 5.92 Å². The highest BCUT2D eigenvalue weighted by atomic mass is 16.3. The van der Waals surface area contributed by atoms with Crippen molar-refractivity contribution < 1.29 is 9.21 Å². The summed E-state index contributed by atoms with van der Waals surface area (Å²) in [5.41, 5.74) is 0.613. The molecule has 1 aliphatic rings. The predicted octanol–water partition coefficient (Wildman–Crippen LogP) is 1.81. The minimum Gasteiger partial charge on any atom is -0.472 e. The molecule has 1 aliphatic carbocycles. The number of hydrogen-bond acceptors (Lipinski definition) is 2. The third-order valence-electron chi connectivity index (χ3n) is 2.55. The second-order valence-corrected chi connectivity index (χ2v) is 3.50. The van der Waals surface area contributed by atoms with Crippen molar-refractivity contribution in [3.63, 3.8) is 0 Å². The molecule has 0 aromatic carbocycles. The van der Waals surface area contributed by atoms with E-state index in [-0.39, 0.29) is 5.91 Å². The van der Waals surface area contributed by atoms with Gasteiger partial charge in [0.05, 0.1) is 11.8 Å². The van der Waals surface area contributed by atoms with Gasteiger partial charge in [0.25, 0.3) is 5.91 Å². The fourth-order valence-electron chi connectivity index (χ4n) is 1.52. The second-order valence-electron chi connectivity index (χ2n) is 3.50. The van der Waals surface area contributed by atoms with Crippen molar-refractivity contribution in [3.05, 3.63) is 24.2 Å². The van der Waals surface area contributed by atoms with E-state index in [4.69, 9.17) is 4.42 Å². The Kier molecular flexibility index (Phi) is 2.08. The SMILES string of the molecule is CC[C@@H]1C[C@H]1NC(=O)c1ccoc1. The maximum absolute atomic E-state index is 11.4. The van der Waals surface area contributed by atoms with E-state index in [0.717, 1.165) is 12.8 Å². The molecule has 1 heterocycles. The maximum atomic E-state index is 11.4. The van der Waals surface area contributed by atoms with E-state index in [1.165, 1.54) is 12.5 Å². The molecule has 0 bridgehead atoms. The van der Waals surface area contributed by atoms with Gasteiger partial charge in [0, 0.05) is 6.04 Å². The predicted molar refractivity (Wildman–Crippen MR) is 48.4 cm³/mol. The van der Waals surface area contributed by atoms with Crippen molar-refractivity contribution >= 4 is 5.91 Å². The summed E-state index contributed by atoms with van der Waals surface area (Å²) in [5, 5.41) is 2.96. The summed E-state index contributed by atoms with van der Waals surface area (Å²) >= 11 is 0. The summed E-state index contributed by atoms with van der Waals surface area (Å²) < 4.78 is 4.83. The van der Waals surface area contributed by atoms with Crippen molar-refractivity contribution in [1.82, 2.24) is 5.32 Å². The summed E-state index contributed by atoms with van der Waals surface area (Å²) in [6.45, 7) is 2.15. The first-order chi connectivity index (χ1) is 6.31. The lowest BCUT2D eigenvalue weighted by molar-refractivity contribution is 0.0948. The van der Waals surface area contributed by atoms with Crippen molar-refractivity contribution in [2.45, 2.75) is 25.8 Å². The van der Waals surface area contributed by atoms with E-state index in [1.807, 2.05) is 0 Å². The molecule has 3 heteroatoms. The molecular weight excluding hydrogens is 166 g/mol. The van der Waals surface area contributed by atoms with Gasteiger partial charge in [0.15, 0.2) is 0 Å². The van der Waals surface area contributed by atoms with Gasteiger partial charge in [-0.3, -0.25) is 4.79 Å². The molecule has 1 N–H and O–H groups in total. The Morgan fingerprint density at radius 2 is 2.62 bits per heavy atom. The van der Waals surface area contributed by atoms with E-state index >= 15 is 0 Å². The third-order valence-corrected chi connectivity index (χ3v) is 2.55. The summed E-state index contributed by atoms with van der Waals surface area (Å²) in [7, 11) is 0. The van der Waals surface area contributed by atoms with Gasteiger partial charge in [-0.25, -0.2) is 0 Å². The van der Waals surface area contributed by atoms with Crippen LogP contribution in [0.1, 0.15) is 30.1 Å². The zero-order valence-corrected chi connectivity index (χ0v) is 7.62. The number of rotatable bonds is 3. The molecular formula is C10H13NO2. The lowest BCUT2D eigenvalue weighted by Crippen LogP contribution is -2.26. The first-order valence-electron chi connectivity index (χ1n) is 4.64. The molecule has 2 atom stereocenters. The average Bonchev–Trinajstić information content (AvgIpc) is 2.68. The minimum atomic E-state index is -0.0188. The molecule has 2 rings (SSSR count). The molecule has 0 spiro atoms. The molecule has 1 aromatic heterocycles. The number of amides is 1. The molecule has 1 amide bonds. The number of carbonyl (C=O) groups excluding carboxylic acids is 1. The molecule has 3 nitrogen and oxygen atoms in total. The van der Waals surface area contributed by atoms with Crippen LogP contribution in [0.25, 0.3) is 0 Å². The number of carbonyl (C=O) groups is 1. The van der Waals surface area contributed by atoms with E-state index < -0.39 is 0 Å². The van der Waals surface area contributed by atoms with E-state index in [2.05, 4.69) is 12.2 Å². The third kappa shape index (κ3) is 1.74. The van der Waals surface area contributed by atoms with Crippen LogP contribution in [0.4, 0.5) is 0 Å². The van der Waals surface area contributed by atoms with E-state index in [9.17, 15) is 4.79 Å². The average molecular weight is 179 g/mol. The maximum Gasteiger partial charge on any atom is 0.254 e. The molecule has 0 saturated heterocycles. The zero-order chi connectivity index (χ0) is 9.26. The molecule has 0 unspecified atom stereocenters. The normalized spacial score (nSPS) is 25.6. The second kappa shape index (κ2) is 3.24. The number of hydrogen-bond donors (Lipinski definition) is 1. The van der Waals surface area contributed by atoms with Gasteiger partial charge >= 0.3 is 0 Å². The highest BCUT2D eigenvalue weighted by molar-refractivity contribution is 5.94. The van der Waals surface area contributed by atoms with Crippen molar-refractivity contribution in [3.8, 4) is 0 Å². The summed E-state index contributed by atoms with van der Waals surface area (Å²) in [6.07, 6.45) is 5.26. The van der Waals surface area contributed by atoms with Gasteiger partial charge in [0.2, 0.25) is 0 Å². The zero-order valence-electron chi connectivity index (χ0n) is 7.62. The van der Waals surface area contributed by atoms with Crippen LogP contribution in [0.5, 0.6) is 0 Å². The molecule has 1 saturated carbocycles. The van der Waals surface area contributed by atoms with Gasteiger partial charge in [-0.2, -0.15) is 0 Å². The Morgan fingerprint density at radius 3 is 3.15 bits per heavy atom. The van der Waals surface area contributed by atoms with Crippen molar-refractivity contribution in [2.75, 3.05) is 0 Å². The minimum absolute atomic E-state index is 0.0188. The highest BCUT2D eigenvalue weighted by Crippen LogP contribution is 2.33. The van der Waals surface area contributed by atoms with Crippen LogP contribution in [-0.4, -0.2) is 11.9 Å². The number of furan rings is 1. The smallest absolute Gasteiger partial charge is 0.254 e. The molecule has 70 valence electrons. The van der Waals surface area contributed by atoms with Gasteiger partial charge < -0.3 is 9.73 Å². The van der Waals surface area contributed by atoms with Crippen LogP contribution >= 0.6 is 0 Å². The van der Waals surface area contributed by atoms with Crippen LogP contribution in [0.15, 0.2) is 23.0 Å². The number of nitrogens with one attached hydrogen (secondary N) is 1. The Morgan fingerprint density at radius 1 is 1.77 bits per heavy atom. The van der Waals surface area contributed by atoms with Crippen LogP contribution in [-0.2, 0) is 0 Å². The lowest BCUT2D eigenvalue weighted by Gasteiger charge is -2.00. The van der Waals surface area contributed by atoms with Gasteiger partial charge in [0.1, 0.15) is 6.26 Å². The van der Waals surface area contributed by atoms with Gasteiger partial charge in [-0.15, -0.1) is 0 Å². The first kappa shape index (κ1) is 8.35. The quantitative estimate of drug-likeness (QED) is 0.768. The summed E-state index contributed by atoms with van der Waals surface area (Å²) in [5.74, 6) is 0.672. The van der Waals surface area contributed by atoms with Crippen LogP contribution in [0.3, 0.4) is 0 Å². The van der Waals surface area contributed by atoms with E-state index in [1.54, 1.807) is 6.07 Å². The Labute approximate surface area is 77.1 Å². The largest absolute Gasteiger partial charge is 0.472 e. The monoisotopic (exact) mass is 179 g/mol. The lowest BCUT2D eigenvalue weighted by atomic mass is 10.3. The topological polar surface area (TPSA) is 42.2 Å².